The van der Waals surface area contributed by atoms with Crippen LogP contribution in [0.25, 0.3) is 0 Å². The highest BCUT2D eigenvalue weighted by Crippen LogP contribution is 2.43. The molecule has 0 unspecified atom stereocenters. The second kappa shape index (κ2) is 5.66. The third-order valence-corrected chi connectivity index (χ3v) is 7.33. The number of sulfone groups is 1. The molecule has 24 heavy (non-hydrogen) atoms. The molecule has 0 saturated carbocycles. The van der Waals surface area contributed by atoms with E-state index >= 15 is 0 Å². The number of amides is 1. The minimum absolute atomic E-state index is 0.0655. The first-order chi connectivity index (χ1) is 11.4. The van der Waals surface area contributed by atoms with Gasteiger partial charge in [0.25, 0.3) is 0 Å². The molecule has 2 atom stereocenters. The number of anilines is 1. The van der Waals surface area contributed by atoms with Gasteiger partial charge in [-0.1, -0.05) is 11.8 Å². The molecule has 1 aromatic rings. The van der Waals surface area contributed by atoms with Gasteiger partial charge in [-0.25, -0.2) is 8.42 Å². The number of hydrogen-bond acceptors (Lipinski definition) is 6. The van der Waals surface area contributed by atoms with Gasteiger partial charge in [-0.05, 0) is 12.1 Å². The maximum atomic E-state index is 12.0. The fourth-order valence-corrected chi connectivity index (χ4v) is 7.14. The lowest BCUT2D eigenvalue weighted by Gasteiger charge is -2.26. The van der Waals surface area contributed by atoms with Gasteiger partial charge in [0, 0.05) is 23.9 Å². The van der Waals surface area contributed by atoms with Crippen molar-refractivity contribution in [2.45, 2.75) is 18.2 Å². The van der Waals surface area contributed by atoms with Crippen molar-refractivity contribution in [3.05, 3.63) is 18.2 Å². The van der Waals surface area contributed by atoms with Crippen molar-refractivity contribution < 1.29 is 22.7 Å². The first-order valence-corrected chi connectivity index (χ1v) is 10.3. The number of benzene rings is 1. The van der Waals surface area contributed by atoms with E-state index in [1.165, 1.54) is 18.7 Å². The maximum absolute atomic E-state index is 12.0. The molecule has 1 amide bonds. The lowest BCUT2D eigenvalue weighted by Crippen LogP contribution is -2.37. The minimum atomic E-state index is -3.07. The Morgan fingerprint density at radius 3 is 2.75 bits per heavy atom. The highest BCUT2D eigenvalue weighted by molar-refractivity contribution is 8.16. The van der Waals surface area contributed by atoms with Gasteiger partial charge in [0.2, 0.25) is 5.91 Å². The summed E-state index contributed by atoms with van der Waals surface area (Å²) in [7, 11) is -3.07. The highest BCUT2D eigenvalue weighted by Gasteiger charge is 2.49. The summed E-state index contributed by atoms with van der Waals surface area (Å²) >= 11 is 1.36. The number of ether oxygens (including phenoxy) is 2. The van der Waals surface area contributed by atoms with Crippen LogP contribution in [0, 0.1) is 0 Å². The molecule has 3 aliphatic heterocycles. The van der Waals surface area contributed by atoms with E-state index in [4.69, 9.17) is 9.47 Å². The smallest absolute Gasteiger partial charge is 0.244 e. The predicted molar refractivity (Wildman–Crippen MR) is 91.8 cm³/mol. The number of thioether (sulfide) groups is 1. The molecule has 2 fully saturated rings. The summed E-state index contributed by atoms with van der Waals surface area (Å²) in [6, 6.07) is 5.24. The number of amidine groups is 1. The molecule has 3 aliphatic rings. The van der Waals surface area contributed by atoms with Crippen LogP contribution in [0.15, 0.2) is 23.2 Å². The van der Waals surface area contributed by atoms with E-state index in [-0.39, 0.29) is 28.7 Å². The zero-order chi connectivity index (χ0) is 16.9. The number of fused-ring (bicyclic) bond motifs is 2. The van der Waals surface area contributed by atoms with Crippen LogP contribution in [0.4, 0.5) is 5.69 Å². The van der Waals surface area contributed by atoms with E-state index in [1.54, 1.807) is 6.07 Å². The lowest BCUT2D eigenvalue weighted by atomic mass is 10.2. The first-order valence-electron chi connectivity index (χ1n) is 7.58. The van der Waals surface area contributed by atoms with Crippen LogP contribution in [-0.2, 0) is 14.6 Å². The number of aliphatic imine (C=N–C) groups is 1. The van der Waals surface area contributed by atoms with E-state index in [9.17, 15) is 13.2 Å². The molecule has 0 bridgehead atoms. The van der Waals surface area contributed by atoms with E-state index in [0.29, 0.717) is 29.9 Å². The summed E-state index contributed by atoms with van der Waals surface area (Å²) in [6.45, 7) is 2.37. The molecule has 128 valence electrons. The van der Waals surface area contributed by atoms with Gasteiger partial charge in [-0.15, -0.1) is 0 Å². The molecule has 3 heterocycles. The third kappa shape index (κ3) is 2.75. The molecule has 1 aromatic carbocycles. The molecule has 0 spiro atoms. The fraction of sp³-hybridized carbons (Fsp3) is 0.467. The van der Waals surface area contributed by atoms with Gasteiger partial charge in [0.15, 0.2) is 26.5 Å². The average Bonchev–Trinajstić information content (AvgIpc) is 2.97. The number of carbonyl (C=O) groups excluding carboxylic acids is 1. The Balaban J connectivity index is 1.75. The van der Waals surface area contributed by atoms with Crippen molar-refractivity contribution in [2.24, 2.45) is 4.99 Å². The second-order valence-electron chi connectivity index (χ2n) is 5.91. The van der Waals surface area contributed by atoms with Crippen LogP contribution in [-0.4, -0.2) is 55.5 Å². The Bertz CT molecular complexity index is 836. The van der Waals surface area contributed by atoms with Gasteiger partial charge in [-0.3, -0.25) is 4.79 Å². The van der Waals surface area contributed by atoms with Crippen molar-refractivity contribution in [3.63, 3.8) is 0 Å². The summed E-state index contributed by atoms with van der Waals surface area (Å²) in [5.41, 5.74) is 0.761. The monoisotopic (exact) mass is 368 g/mol. The van der Waals surface area contributed by atoms with Gasteiger partial charge >= 0.3 is 0 Å². The number of nitrogens with zero attached hydrogens (tertiary/aromatic N) is 2. The molecular formula is C15H16N2O5S2. The fourth-order valence-electron chi connectivity index (χ4n) is 3.18. The molecule has 9 heteroatoms. The van der Waals surface area contributed by atoms with Crippen LogP contribution in [0.1, 0.15) is 6.92 Å². The predicted octanol–water partition coefficient (Wildman–Crippen LogP) is 1.08. The highest BCUT2D eigenvalue weighted by atomic mass is 32.2. The number of hydrogen-bond donors (Lipinski definition) is 0. The lowest BCUT2D eigenvalue weighted by molar-refractivity contribution is -0.115. The molecule has 0 aliphatic carbocycles. The summed E-state index contributed by atoms with van der Waals surface area (Å²) in [5, 5.41) is 0.436. The second-order valence-corrected chi connectivity index (χ2v) is 9.27. The molecule has 4 rings (SSSR count). The molecule has 0 aromatic heterocycles. The Hall–Kier alpha value is -1.74. The molecule has 7 nitrogen and oxygen atoms in total. The van der Waals surface area contributed by atoms with Crippen molar-refractivity contribution in [2.75, 3.05) is 29.6 Å². The van der Waals surface area contributed by atoms with Gasteiger partial charge < -0.3 is 14.4 Å². The standard InChI is InChI=1S/C15H16N2O5S2/c1-9(18)16-15-17(11-7-24(19,20)8-14(11)23-15)10-2-3-12-13(6-10)22-5-4-21-12/h2-3,6,11,14H,4-5,7-8H2,1H3/t11-,14-/m0/s1. The Kier molecular flexibility index (Phi) is 3.72. The van der Waals surface area contributed by atoms with Crippen molar-refractivity contribution in [3.8, 4) is 11.5 Å². The maximum Gasteiger partial charge on any atom is 0.244 e. The first kappa shape index (κ1) is 15.8. The Labute approximate surface area is 143 Å². The van der Waals surface area contributed by atoms with E-state index < -0.39 is 9.84 Å². The summed E-state index contributed by atoms with van der Waals surface area (Å²) < 4.78 is 35.1. The van der Waals surface area contributed by atoms with Gasteiger partial charge in [-0.2, -0.15) is 4.99 Å². The van der Waals surface area contributed by atoms with E-state index in [1.807, 2.05) is 17.0 Å². The number of rotatable bonds is 1. The average molecular weight is 368 g/mol. The Morgan fingerprint density at radius 2 is 2.00 bits per heavy atom. The van der Waals surface area contributed by atoms with Gasteiger partial charge in [0.05, 0.1) is 17.5 Å². The van der Waals surface area contributed by atoms with Crippen molar-refractivity contribution in [1.82, 2.24) is 0 Å². The minimum Gasteiger partial charge on any atom is -0.486 e. The molecule has 0 radical (unpaired) electrons. The Morgan fingerprint density at radius 1 is 1.25 bits per heavy atom. The van der Waals surface area contributed by atoms with Crippen LogP contribution < -0.4 is 14.4 Å². The van der Waals surface area contributed by atoms with Crippen molar-refractivity contribution >= 4 is 38.4 Å². The van der Waals surface area contributed by atoms with Crippen LogP contribution in [0.2, 0.25) is 0 Å². The topological polar surface area (TPSA) is 85.3 Å². The molecule has 0 N–H and O–H groups in total. The molecule has 2 saturated heterocycles. The quantitative estimate of drug-likeness (QED) is 0.733. The SMILES string of the molecule is CC(=O)N=C1S[C@H]2CS(=O)(=O)C[C@@H]2N1c1ccc2c(c1)OCCO2. The largest absolute Gasteiger partial charge is 0.486 e. The summed E-state index contributed by atoms with van der Waals surface area (Å²) in [6.07, 6.45) is 0. The van der Waals surface area contributed by atoms with Crippen molar-refractivity contribution in [1.29, 1.82) is 0 Å². The normalized spacial score (nSPS) is 28.9. The van der Waals surface area contributed by atoms with E-state index in [0.717, 1.165) is 5.69 Å². The van der Waals surface area contributed by atoms with E-state index in [2.05, 4.69) is 4.99 Å². The summed E-state index contributed by atoms with van der Waals surface area (Å²) in [4.78, 5) is 17.4. The molecular weight excluding hydrogens is 352 g/mol. The van der Waals surface area contributed by atoms with Crippen LogP contribution in [0.3, 0.4) is 0 Å². The van der Waals surface area contributed by atoms with Crippen LogP contribution >= 0.6 is 11.8 Å². The van der Waals surface area contributed by atoms with Gasteiger partial charge in [0.1, 0.15) is 13.2 Å². The number of carbonyl (C=O) groups is 1. The summed E-state index contributed by atoms with van der Waals surface area (Å²) in [5.74, 6) is 1.16. The zero-order valence-corrected chi connectivity index (χ0v) is 14.6. The third-order valence-electron chi connectivity index (χ3n) is 4.12. The zero-order valence-electron chi connectivity index (χ0n) is 13.0. The van der Waals surface area contributed by atoms with Crippen LogP contribution in [0.5, 0.6) is 11.5 Å².